The predicted molar refractivity (Wildman–Crippen MR) is 96.4 cm³/mol. The van der Waals surface area contributed by atoms with Crippen molar-refractivity contribution >= 4 is 22.6 Å². The maximum absolute atomic E-state index is 11.9. The van der Waals surface area contributed by atoms with Gasteiger partial charge in [0.15, 0.2) is 0 Å². The van der Waals surface area contributed by atoms with E-state index in [2.05, 4.69) is 15.4 Å². The summed E-state index contributed by atoms with van der Waals surface area (Å²) in [6, 6.07) is 13.9. The fourth-order valence-corrected chi connectivity index (χ4v) is 2.79. The fraction of sp³-hybridized carbons (Fsp3) is 0.263. The van der Waals surface area contributed by atoms with E-state index in [9.17, 15) is 14.7 Å². The molecule has 0 spiro atoms. The van der Waals surface area contributed by atoms with Crippen LogP contribution in [0, 0.1) is 5.92 Å². The van der Waals surface area contributed by atoms with Crippen LogP contribution in [0.1, 0.15) is 12.0 Å². The third-order valence-corrected chi connectivity index (χ3v) is 4.23. The number of carboxylic acids is 1. The summed E-state index contributed by atoms with van der Waals surface area (Å²) in [5.74, 6) is -1.80. The van der Waals surface area contributed by atoms with E-state index in [1.807, 2.05) is 42.5 Å². The molecular weight excluding hydrogens is 332 g/mol. The van der Waals surface area contributed by atoms with Crippen molar-refractivity contribution in [2.75, 3.05) is 6.54 Å². The molecule has 0 aliphatic carbocycles. The molecule has 1 atom stereocenters. The van der Waals surface area contributed by atoms with Crippen LogP contribution in [-0.2, 0) is 22.6 Å². The van der Waals surface area contributed by atoms with E-state index >= 15 is 0 Å². The second-order valence-electron chi connectivity index (χ2n) is 6.13. The first kappa shape index (κ1) is 17.6. The van der Waals surface area contributed by atoms with Crippen molar-refractivity contribution < 1.29 is 14.7 Å². The van der Waals surface area contributed by atoms with Gasteiger partial charge in [0.2, 0.25) is 5.91 Å². The summed E-state index contributed by atoms with van der Waals surface area (Å²) in [4.78, 5) is 27.3. The minimum atomic E-state index is -0.922. The summed E-state index contributed by atoms with van der Waals surface area (Å²) in [7, 11) is 0. The number of fused-ring (bicyclic) bond motifs is 1. The van der Waals surface area contributed by atoms with Gasteiger partial charge in [-0.1, -0.05) is 42.5 Å². The molecule has 7 heteroatoms. The number of carbonyl (C=O) groups excluding carboxylic acids is 1. The van der Waals surface area contributed by atoms with Gasteiger partial charge >= 0.3 is 5.97 Å². The number of amides is 1. The van der Waals surface area contributed by atoms with Gasteiger partial charge in [-0.15, -0.1) is 0 Å². The van der Waals surface area contributed by atoms with Crippen molar-refractivity contribution in [3.63, 3.8) is 0 Å². The summed E-state index contributed by atoms with van der Waals surface area (Å²) in [5, 5.41) is 18.3. The summed E-state index contributed by atoms with van der Waals surface area (Å²) >= 11 is 0. The molecule has 26 heavy (non-hydrogen) atoms. The average Bonchev–Trinajstić information content (AvgIpc) is 3.16. The molecule has 0 fully saturated rings. The van der Waals surface area contributed by atoms with Crippen molar-refractivity contribution in [1.82, 2.24) is 20.1 Å². The van der Waals surface area contributed by atoms with Crippen LogP contribution in [-0.4, -0.2) is 38.3 Å². The lowest BCUT2D eigenvalue weighted by molar-refractivity contribution is -0.141. The van der Waals surface area contributed by atoms with Gasteiger partial charge in [-0.3, -0.25) is 14.3 Å². The number of nitrogens with one attached hydrogen (secondary N) is 1. The second-order valence-corrected chi connectivity index (χ2v) is 6.13. The minimum Gasteiger partial charge on any atom is -0.481 e. The lowest BCUT2D eigenvalue weighted by atomic mass is 9.97. The minimum absolute atomic E-state index is 0.0956. The van der Waals surface area contributed by atoms with Crippen molar-refractivity contribution in [1.29, 1.82) is 0 Å². The zero-order chi connectivity index (χ0) is 18.4. The van der Waals surface area contributed by atoms with Gasteiger partial charge < -0.3 is 10.4 Å². The van der Waals surface area contributed by atoms with Crippen LogP contribution in [0.3, 0.4) is 0 Å². The number of hydrogen-bond donors (Lipinski definition) is 2. The lowest BCUT2D eigenvalue weighted by Gasteiger charge is -2.14. The Balaban J connectivity index is 1.56. The Bertz CT molecular complexity index is 893. The topological polar surface area (TPSA) is 97.1 Å². The predicted octanol–water partition coefficient (Wildman–Crippen LogP) is 1.88. The molecule has 7 nitrogen and oxygen atoms in total. The van der Waals surface area contributed by atoms with E-state index in [4.69, 9.17) is 0 Å². The maximum Gasteiger partial charge on any atom is 0.308 e. The Labute approximate surface area is 150 Å². The van der Waals surface area contributed by atoms with Crippen LogP contribution in [0.25, 0.3) is 10.8 Å². The Morgan fingerprint density at radius 1 is 1.15 bits per heavy atom. The maximum atomic E-state index is 11.9. The van der Waals surface area contributed by atoms with E-state index in [1.165, 1.54) is 12.7 Å². The standard InChI is InChI=1S/C19H20N4O3/c24-18(7-8-23-13-20-12-22-23)21-11-17(19(25)26)10-14-5-6-15-3-1-2-4-16(15)9-14/h1-6,9,12-13,17H,7-8,10-11H2,(H,21,24)(H,25,26). The highest BCUT2D eigenvalue weighted by atomic mass is 16.4. The van der Waals surface area contributed by atoms with E-state index in [-0.39, 0.29) is 18.9 Å². The highest BCUT2D eigenvalue weighted by Gasteiger charge is 2.19. The zero-order valence-corrected chi connectivity index (χ0v) is 14.2. The van der Waals surface area contributed by atoms with Crippen molar-refractivity contribution in [3.8, 4) is 0 Å². The molecule has 0 aliphatic rings. The molecule has 0 saturated carbocycles. The Hall–Kier alpha value is -3.22. The first-order chi connectivity index (χ1) is 12.6. The number of hydrogen-bond acceptors (Lipinski definition) is 4. The van der Waals surface area contributed by atoms with Gasteiger partial charge in [-0.25, -0.2) is 4.98 Å². The van der Waals surface area contributed by atoms with E-state index in [1.54, 1.807) is 4.68 Å². The molecule has 1 heterocycles. The van der Waals surface area contributed by atoms with Gasteiger partial charge in [-0.05, 0) is 22.8 Å². The number of rotatable bonds is 8. The highest BCUT2D eigenvalue weighted by Crippen LogP contribution is 2.18. The van der Waals surface area contributed by atoms with Crippen LogP contribution in [0.4, 0.5) is 0 Å². The van der Waals surface area contributed by atoms with E-state index in [0.717, 1.165) is 16.3 Å². The van der Waals surface area contributed by atoms with E-state index in [0.29, 0.717) is 13.0 Å². The van der Waals surface area contributed by atoms with Crippen LogP contribution in [0.5, 0.6) is 0 Å². The highest BCUT2D eigenvalue weighted by molar-refractivity contribution is 5.83. The monoisotopic (exact) mass is 352 g/mol. The lowest BCUT2D eigenvalue weighted by Crippen LogP contribution is -2.34. The number of aromatic nitrogens is 3. The third-order valence-electron chi connectivity index (χ3n) is 4.23. The average molecular weight is 352 g/mol. The molecule has 2 N–H and O–H groups in total. The quantitative estimate of drug-likeness (QED) is 0.645. The van der Waals surface area contributed by atoms with E-state index < -0.39 is 11.9 Å². The molecule has 0 bridgehead atoms. The molecule has 134 valence electrons. The Morgan fingerprint density at radius 3 is 2.69 bits per heavy atom. The molecule has 3 aromatic rings. The van der Waals surface area contributed by atoms with Gasteiger partial charge in [0, 0.05) is 13.0 Å². The Morgan fingerprint density at radius 2 is 1.96 bits per heavy atom. The summed E-state index contributed by atoms with van der Waals surface area (Å²) in [5.41, 5.74) is 0.938. The number of benzene rings is 2. The molecule has 1 amide bonds. The van der Waals surface area contributed by atoms with Crippen LogP contribution >= 0.6 is 0 Å². The number of aryl methyl sites for hydroxylation is 1. The SMILES string of the molecule is O=C(CCn1cncn1)NCC(Cc1ccc2ccccc2c1)C(=O)O. The van der Waals surface area contributed by atoms with Gasteiger partial charge in [0.1, 0.15) is 12.7 Å². The molecule has 0 aliphatic heterocycles. The van der Waals surface area contributed by atoms with Gasteiger partial charge in [0.05, 0.1) is 12.5 Å². The van der Waals surface area contributed by atoms with Crippen LogP contribution in [0.15, 0.2) is 55.1 Å². The summed E-state index contributed by atoms with van der Waals surface area (Å²) in [6.45, 7) is 0.507. The van der Waals surface area contributed by atoms with Crippen molar-refractivity contribution in [3.05, 3.63) is 60.7 Å². The molecule has 2 aromatic carbocycles. The first-order valence-electron chi connectivity index (χ1n) is 8.41. The summed E-state index contributed by atoms with van der Waals surface area (Å²) in [6.07, 6.45) is 3.53. The van der Waals surface area contributed by atoms with Crippen LogP contribution in [0.2, 0.25) is 0 Å². The van der Waals surface area contributed by atoms with Crippen LogP contribution < -0.4 is 5.32 Å². The molecule has 0 saturated heterocycles. The smallest absolute Gasteiger partial charge is 0.308 e. The van der Waals surface area contributed by atoms with Crippen molar-refractivity contribution in [2.24, 2.45) is 5.92 Å². The largest absolute Gasteiger partial charge is 0.481 e. The second kappa shape index (κ2) is 8.24. The summed E-state index contributed by atoms with van der Waals surface area (Å²) < 4.78 is 1.56. The molecule has 0 radical (unpaired) electrons. The molecule has 1 unspecified atom stereocenters. The zero-order valence-electron chi connectivity index (χ0n) is 14.2. The first-order valence-corrected chi connectivity index (χ1v) is 8.41. The van der Waals surface area contributed by atoms with Crippen molar-refractivity contribution in [2.45, 2.75) is 19.4 Å². The number of nitrogens with zero attached hydrogens (tertiary/aromatic N) is 3. The number of aliphatic carboxylic acids is 1. The third kappa shape index (κ3) is 4.66. The number of carbonyl (C=O) groups is 2. The molecular formula is C19H20N4O3. The van der Waals surface area contributed by atoms with Gasteiger partial charge in [-0.2, -0.15) is 5.10 Å². The Kier molecular flexibility index (Phi) is 5.58. The molecule has 1 aromatic heterocycles. The van der Waals surface area contributed by atoms with Gasteiger partial charge in [0.25, 0.3) is 0 Å². The number of carboxylic acid groups (broad SMARTS) is 1. The fourth-order valence-electron chi connectivity index (χ4n) is 2.79. The normalized spacial score (nSPS) is 12.0. The molecule has 3 rings (SSSR count).